The van der Waals surface area contributed by atoms with Gasteiger partial charge in [-0.1, -0.05) is 13.8 Å². The Bertz CT molecular complexity index is 227. The summed E-state index contributed by atoms with van der Waals surface area (Å²) in [6.45, 7) is 13.3. The van der Waals surface area contributed by atoms with E-state index in [2.05, 4.69) is 23.6 Å². The zero-order valence-corrected chi connectivity index (χ0v) is 11.3. The molecule has 2 heterocycles. The second kappa shape index (κ2) is 6.14. The SMILES string of the molecule is CC(C)CN1CCN(CC2COCC2N)CC1. The van der Waals surface area contributed by atoms with E-state index in [9.17, 15) is 0 Å². The molecule has 2 aliphatic heterocycles. The Morgan fingerprint density at radius 1 is 1.12 bits per heavy atom. The van der Waals surface area contributed by atoms with Crippen LogP contribution in [0.4, 0.5) is 0 Å². The summed E-state index contributed by atoms with van der Waals surface area (Å²) in [5.74, 6) is 1.32. The Hall–Kier alpha value is -0.160. The van der Waals surface area contributed by atoms with Crippen molar-refractivity contribution in [3.8, 4) is 0 Å². The van der Waals surface area contributed by atoms with E-state index in [0.29, 0.717) is 5.92 Å². The molecule has 2 aliphatic rings. The van der Waals surface area contributed by atoms with Crippen LogP contribution in [-0.4, -0.2) is 68.3 Å². The van der Waals surface area contributed by atoms with Gasteiger partial charge in [0.1, 0.15) is 0 Å². The van der Waals surface area contributed by atoms with E-state index in [0.717, 1.165) is 25.7 Å². The van der Waals surface area contributed by atoms with Gasteiger partial charge in [-0.05, 0) is 5.92 Å². The van der Waals surface area contributed by atoms with Crippen LogP contribution in [0.3, 0.4) is 0 Å². The maximum Gasteiger partial charge on any atom is 0.0621 e. The lowest BCUT2D eigenvalue weighted by atomic mass is 10.0. The van der Waals surface area contributed by atoms with Gasteiger partial charge in [0.05, 0.1) is 13.2 Å². The van der Waals surface area contributed by atoms with Crippen LogP contribution in [0, 0.1) is 11.8 Å². The standard InChI is InChI=1S/C13H27N3O/c1-11(2)7-15-3-5-16(6-4-15)8-12-9-17-10-13(12)14/h11-13H,3-10,14H2,1-2H3. The van der Waals surface area contributed by atoms with Crippen LogP contribution < -0.4 is 5.73 Å². The summed E-state index contributed by atoms with van der Waals surface area (Å²) in [6, 6.07) is 0.253. The maximum atomic E-state index is 6.03. The molecular weight excluding hydrogens is 214 g/mol. The first-order valence-electron chi connectivity index (χ1n) is 6.93. The molecule has 2 rings (SSSR count). The average Bonchev–Trinajstić information content (AvgIpc) is 2.67. The molecule has 0 aromatic rings. The summed E-state index contributed by atoms with van der Waals surface area (Å²) in [7, 11) is 0. The van der Waals surface area contributed by atoms with E-state index in [4.69, 9.17) is 10.5 Å². The molecule has 2 saturated heterocycles. The van der Waals surface area contributed by atoms with Gasteiger partial charge in [0.15, 0.2) is 0 Å². The molecular formula is C13H27N3O. The third-order valence-electron chi connectivity index (χ3n) is 3.83. The molecule has 2 N–H and O–H groups in total. The largest absolute Gasteiger partial charge is 0.379 e. The lowest BCUT2D eigenvalue weighted by Gasteiger charge is -2.36. The third-order valence-corrected chi connectivity index (χ3v) is 3.83. The second-order valence-corrected chi connectivity index (χ2v) is 5.96. The molecule has 0 saturated carbocycles. The molecule has 0 amide bonds. The topological polar surface area (TPSA) is 41.7 Å². The molecule has 0 aromatic heterocycles. The van der Waals surface area contributed by atoms with E-state index in [1.54, 1.807) is 0 Å². The van der Waals surface area contributed by atoms with E-state index in [-0.39, 0.29) is 6.04 Å². The predicted molar refractivity (Wildman–Crippen MR) is 70.0 cm³/mol. The van der Waals surface area contributed by atoms with E-state index >= 15 is 0 Å². The van der Waals surface area contributed by atoms with Crippen molar-refractivity contribution in [1.29, 1.82) is 0 Å². The highest BCUT2D eigenvalue weighted by atomic mass is 16.5. The predicted octanol–water partition coefficient (Wildman–Crippen LogP) is 0.234. The quantitative estimate of drug-likeness (QED) is 0.765. The minimum Gasteiger partial charge on any atom is -0.379 e. The smallest absolute Gasteiger partial charge is 0.0621 e. The molecule has 0 aliphatic carbocycles. The van der Waals surface area contributed by atoms with E-state index in [1.165, 1.54) is 32.7 Å². The van der Waals surface area contributed by atoms with Gasteiger partial charge in [-0.3, -0.25) is 0 Å². The zero-order valence-electron chi connectivity index (χ0n) is 11.3. The molecule has 17 heavy (non-hydrogen) atoms. The minimum absolute atomic E-state index is 0.253. The molecule has 2 fully saturated rings. The highest BCUT2D eigenvalue weighted by molar-refractivity contribution is 4.83. The first-order valence-corrected chi connectivity index (χ1v) is 6.93. The van der Waals surface area contributed by atoms with Gasteiger partial charge in [0.2, 0.25) is 0 Å². The number of nitrogens with two attached hydrogens (primary N) is 1. The first-order chi connectivity index (χ1) is 8.15. The van der Waals surface area contributed by atoms with Crippen LogP contribution in [-0.2, 0) is 4.74 Å². The number of rotatable bonds is 4. The van der Waals surface area contributed by atoms with Crippen molar-refractivity contribution in [3.05, 3.63) is 0 Å². The molecule has 4 heteroatoms. The first kappa shape index (κ1) is 13.3. The van der Waals surface area contributed by atoms with Crippen molar-refractivity contribution < 1.29 is 4.74 Å². The maximum absolute atomic E-state index is 6.03. The molecule has 0 spiro atoms. The lowest BCUT2D eigenvalue weighted by molar-refractivity contribution is 0.103. The van der Waals surface area contributed by atoms with E-state index in [1.807, 2.05) is 0 Å². The molecule has 0 aromatic carbocycles. The normalized spacial score (nSPS) is 32.5. The van der Waals surface area contributed by atoms with Crippen LogP contribution in [0.5, 0.6) is 0 Å². The fourth-order valence-electron chi connectivity index (χ4n) is 2.81. The lowest BCUT2D eigenvalue weighted by Crippen LogP contribution is -2.50. The molecule has 0 radical (unpaired) electrons. The number of ether oxygens (including phenoxy) is 1. The van der Waals surface area contributed by atoms with Gasteiger partial charge in [-0.15, -0.1) is 0 Å². The van der Waals surface area contributed by atoms with Crippen molar-refractivity contribution in [2.24, 2.45) is 17.6 Å². The van der Waals surface area contributed by atoms with E-state index < -0.39 is 0 Å². The van der Waals surface area contributed by atoms with Gasteiger partial charge in [-0.25, -0.2) is 0 Å². The van der Waals surface area contributed by atoms with Crippen LogP contribution in [0.2, 0.25) is 0 Å². The fourth-order valence-corrected chi connectivity index (χ4v) is 2.81. The summed E-state index contributed by atoms with van der Waals surface area (Å²) in [5.41, 5.74) is 6.03. The Kier molecular flexibility index (Phi) is 4.79. The molecule has 0 bridgehead atoms. The fraction of sp³-hybridized carbons (Fsp3) is 1.00. The van der Waals surface area contributed by atoms with Crippen molar-refractivity contribution in [2.45, 2.75) is 19.9 Å². The second-order valence-electron chi connectivity index (χ2n) is 5.96. The molecule has 2 unspecified atom stereocenters. The van der Waals surface area contributed by atoms with Crippen LogP contribution in [0.1, 0.15) is 13.8 Å². The minimum atomic E-state index is 0.253. The molecule has 4 nitrogen and oxygen atoms in total. The Morgan fingerprint density at radius 2 is 1.76 bits per heavy atom. The highest BCUT2D eigenvalue weighted by Crippen LogP contribution is 2.15. The number of nitrogens with zero attached hydrogens (tertiary/aromatic N) is 2. The summed E-state index contributed by atoms with van der Waals surface area (Å²) in [6.07, 6.45) is 0. The van der Waals surface area contributed by atoms with Crippen LogP contribution in [0.15, 0.2) is 0 Å². The van der Waals surface area contributed by atoms with Crippen molar-refractivity contribution in [2.75, 3.05) is 52.5 Å². The third kappa shape index (κ3) is 3.91. The summed E-state index contributed by atoms with van der Waals surface area (Å²) >= 11 is 0. The van der Waals surface area contributed by atoms with Crippen molar-refractivity contribution in [1.82, 2.24) is 9.80 Å². The molecule has 100 valence electrons. The van der Waals surface area contributed by atoms with Crippen LogP contribution in [0.25, 0.3) is 0 Å². The van der Waals surface area contributed by atoms with Crippen molar-refractivity contribution >= 4 is 0 Å². The summed E-state index contributed by atoms with van der Waals surface area (Å²) < 4.78 is 5.42. The van der Waals surface area contributed by atoms with Gasteiger partial charge >= 0.3 is 0 Å². The zero-order chi connectivity index (χ0) is 12.3. The Morgan fingerprint density at radius 3 is 2.29 bits per heavy atom. The van der Waals surface area contributed by atoms with Gasteiger partial charge in [0, 0.05) is 51.2 Å². The molecule has 2 atom stereocenters. The Labute approximate surface area is 105 Å². The summed E-state index contributed by atoms with van der Waals surface area (Å²) in [5, 5.41) is 0. The summed E-state index contributed by atoms with van der Waals surface area (Å²) in [4.78, 5) is 5.13. The van der Waals surface area contributed by atoms with Gasteiger partial charge in [0.25, 0.3) is 0 Å². The van der Waals surface area contributed by atoms with Gasteiger partial charge in [-0.2, -0.15) is 0 Å². The number of hydrogen-bond acceptors (Lipinski definition) is 4. The van der Waals surface area contributed by atoms with Crippen molar-refractivity contribution in [3.63, 3.8) is 0 Å². The Balaban J connectivity index is 1.68. The monoisotopic (exact) mass is 241 g/mol. The average molecular weight is 241 g/mol. The van der Waals surface area contributed by atoms with Crippen LogP contribution >= 0.6 is 0 Å². The van der Waals surface area contributed by atoms with Gasteiger partial charge < -0.3 is 20.3 Å². The number of hydrogen-bond donors (Lipinski definition) is 1. The highest BCUT2D eigenvalue weighted by Gasteiger charge is 2.28. The number of piperazine rings is 1.